The van der Waals surface area contributed by atoms with Crippen molar-refractivity contribution in [1.29, 1.82) is 0 Å². The summed E-state index contributed by atoms with van der Waals surface area (Å²) in [4.78, 5) is 47.7. The molecule has 0 aliphatic carbocycles. The highest BCUT2D eigenvalue weighted by Gasteiger charge is 2.21. The summed E-state index contributed by atoms with van der Waals surface area (Å²) >= 11 is 0. The van der Waals surface area contributed by atoms with Crippen LogP contribution < -0.4 is 16.0 Å². The van der Waals surface area contributed by atoms with Crippen LogP contribution in [0.1, 0.15) is 41.5 Å². The van der Waals surface area contributed by atoms with Gasteiger partial charge in [-0.15, -0.1) is 0 Å². The van der Waals surface area contributed by atoms with Crippen LogP contribution in [0, 0.1) is 5.41 Å². The molecule has 158 valence electrons. The van der Waals surface area contributed by atoms with Crippen LogP contribution in [0.2, 0.25) is 0 Å². The van der Waals surface area contributed by atoms with Gasteiger partial charge in [0.25, 0.3) is 11.8 Å². The molecule has 0 fully saturated rings. The van der Waals surface area contributed by atoms with Gasteiger partial charge in [0.15, 0.2) is 0 Å². The number of amides is 3. The zero-order chi connectivity index (χ0) is 22.3. The average Bonchev–Trinajstić information content (AvgIpc) is 2.71. The quantitative estimate of drug-likeness (QED) is 0.633. The van der Waals surface area contributed by atoms with Gasteiger partial charge in [0, 0.05) is 27.9 Å². The molecule has 2 aromatic rings. The molecule has 0 spiro atoms. The van der Waals surface area contributed by atoms with Crippen LogP contribution >= 0.6 is 0 Å². The van der Waals surface area contributed by atoms with E-state index in [0.717, 1.165) is 0 Å². The molecule has 0 heterocycles. The Morgan fingerprint density at radius 1 is 0.833 bits per heavy atom. The summed E-state index contributed by atoms with van der Waals surface area (Å²) in [6, 6.07) is 12.8. The maximum Gasteiger partial charge on any atom is 0.325 e. The van der Waals surface area contributed by atoms with Crippen molar-refractivity contribution in [3.63, 3.8) is 0 Å². The molecule has 0 aliphatic rings. The highest BCUT2D eigenvalue weighted by molar-refractivity contribution is 6.06. The first-order valence-corrected chi connectivity index (χ1v) is 9.28. The molecule has 8 heteroatoms. The number of benzene rings is 2. The van der Waals surface area contributed by atoms with E-state index in [0.29, 0.717) is 22.5 Å². The van der Waals surface area contributed by atoms with E-state index < -0.39 is 17.3 Å². The lowest BCUT2D eigenvalue weighted by atomic mass is 9.95. The molecule has 0 radical (unpaired) electrons. The highest BCUT2D eigenvalue weighted by atomic mass is 16.5. The first-order chi connectivity index (χ1) is 14.1. The normalized spacial score (nSPS) is 10.7. The zero-order valence-corrected chi connectivity index (χ0v) is 17.4. The fraction of sp³-hybridized carbons (Fsp3) is 0.273. The summed E-state index contributed by atoms with van der Waals surface area (Å²) in [6.45, 7) is 5.19. The first-order valence-electron chi connectivity index (χ1n) is 9.28. The number of methoxy groups -OCH3 is 1. The minimum Gasteiger partial charge on any atom is -0.468 e. The van der Waals surface area contributed by atoms with Crippen molar-refractivity contribution in [1.82, 2.24) is 5.32 Å². The number of ether oxygens (including phenoxy) is 1. The van der Waals surface area contributed by atoms with Crippen molar-refractivity contribution < 1.29 is 23.9 Å². The van der Waals surface area contributed by atoms with Crippen molar-refractivity contribution in [2.45, 2.75) is 20.8 Å². The number of hydrogen-bond acceptors (Lipinski definition) is 5. The van der Waals surface area contributed by atoms with Gasteiger partial charge in [-0.25, -0.2) is 0 Å². The number of esters is 1. The van der Waals surface area contributed by atoms with E-state index in [2.05, 4.69) is 20.7 Å². The Labute approximate surface area is 175 Å². The second-order valence-corrected chi connectivity index (χ2v) is 7.58. The molecule has 0 aliphatic heterocycles. The maximum atomic E-state index is 12.5. The van der Waals surface area contributed by atoms with Gasteiger partial charge >= 0.3 is 5.97 Å². The lowest BCUT2D eigenvalue weighted by Crippen LogP contribution is -2.30. The van der Waals surface area contributed by atoms with E-state index in [9.17, 15) is 19.2 Å². The van der Waals surface area contributed by atoms with Gasteiger partial charge in [-0.1, -0.05) is 26.8 Å². The molecule has 0 aromatic heterocycles. The van der Waals surface area contributed by atoms with Crippen molar-refractivity contribution in [3.8, 4) is 0 Å². The van der Waals surface area contributed by atoms with Crippen molar-refractivity contribution in [3.05, 3.63) is 59.7 Å². The Bertz CT molecular complexity index is 946. The lowest BCUT2D eigenvalue weighted by molar-refractivity contribution is -0.139. The number of hydrogen-bond donors (Lipinski definition) is 3. The first kappa shape index (κ1) is 22.6. The highest BCUT2D eigenvalue weighted by Crippen LogP contribution is 2.19. The predicted molar refractivity (Wildman–Crippen MR) is 113 cm³/mol. The van der Waals surface area contributed by atoms with Crippen LogP contribution in [0.15, 0.2) is 48.5 Å². The Balaban J connectivity index is 2.01. The third-order valence-corrected chi connectivity index (χ3v) is 4.09. The number of carbonyl (C=O) groups is 4. The van der Waals surface area contributed by atoms with Crippen molar-refractivity contribution >= 4 is 35.1 Å². The molecule has 0 saturated heterocycles. The molecule has 8 nitrogen and oxygen atoms in total. The predicted octanol–water partition coefficient (Wildman–Crippen LogP) is 2.83. The van der Waals surface area contributed by atoms with Crippen LogP contribution in [-0.2, 0) is 14.3 Å². The average molecular weight is 411 g/mol. The summed E-state index contributed by atoms with van der Waals surface area (Å²) in [5.41, 5.74) is 1.18. The van der Waals surface area contributed by atoms with Crippen molar-refractivity contribution in [2.75, 3.05) is 24.3 Å². The standard InChI is InChI=1S/C22H25N3O5/c1-22(2,3)21(29)25-17-7-5-6-15(12-17)20(28)24-16-10-8-14(9-11-16)19(27)23-13-18(26)30-4/h5-12H,13H2,1-4H3,(H,23,27)(H,24,28)(H,25,29). The number of carbonyl (C=O) groups excluding carboxylic acids is 4. The largest absolute Gasteiger partial charge is 0.468 e. The Kier molecular flexibility index (Phi) is 7.30. The molecule has 3 amide bonds. The number of nitrogens with one attached hydrogen (secondary N) is 3. The molecule has 2 aromatic carbocycles. The van der Waals surface area contributed by atoms with Crippen LogP contribution in [0.3, 0.4) is 0 Å². The Hall–Kier alpha value is -3.68. The van der Waals surface area contributed by atoms with E-state index in [1.165, 1.54) is 19.2 Å². The topological polar surface area (TPSA) is 114 Å². The zero-order valence-electron chi connectivity index (χ0n) is 17.4. The van der Waals surface area contributed by atoms with Crippen LogP contribution in [-0.4, -0.2) is 37.3 Å². The summed E-state index contributed by atoms with van der Waals surface area (Å²) < 4.78 is 4.46. The molecular formula is C22H25N3O5. The molecule has 2 rings (SSSR count). The van der Waals surface area contributed by atoms with Crippen molar-refractivity contribution in [2.24, 2.45) is 5.41 Å². The van der Waals surface area contributed by atoms with Gasteiger partial charge < -0.3 is 20.7 Å². The Morgan fingerprint density at radius 2 is 1.50 bits per heavy atom. The smallest absolute Gasteiger partial charge is 0.325 e. The molecular weight excluding hydrogens is 386 g/mol. The number of anilines is 2. The number of rotatable bonds is 6. The fourth-order valence-corrected chi connectivity index (χ4v) is 2.29. The van der Waals surface area contributed by atoms with E-state index in [1.54, 1.807) is 57.2 Å². The molecule has 0 bridgehead atoms. The second-order valence-electron chi connectivity index (χ2n) is 7.58. The van der Waals surface area contributed by atoms with E-state index in [1.807, 2.05) is 0 Å². The summed E-state index contributed by atoms with van der Waals surface area (Å²) in [6.07, 6.45) is 0. The Morgan fingerprint density at radius 3 is 2.10 bits per heavy atom. The third kappa shape index (κ3) is 6.44. The van der Waals surface area contributed by atoms with Gasteiger partial charge in [-0.2, -0.15) is 0 Å². The van der Waals surface area contributed by atoms with Crippen LogP contribution in [0.25, 0.3) is 0 Å². The van der Waals surface area contributed by atoms with Gasteiger partial charge in [0.1, 0.15) is 6.54 Å². The molecule has 0 atom stereocenters. The van der Waals surface area contributed by atoms with Gasteiger partial charge in [-0.3, -0.25) is 19.2 Å². The second kappa shape index (κ2) is 9.69. The molecule has 0 unspecified atom stereocenters. The fourth-order valence-electron chi connectivity index (χ4n) is 2.29. The maximum absolute atomic E-state index is 12.5. The van der Waals surface area contributed by atoms with E-state index in [-0.39, 0.29) is 18.4 Å². The van der Waals surface area contributed by atoms with E-state index in [4.69, 9.17) is 0 Å². The van der Waals surface area contributed by atoms with Crippen LogP contribution in [0.5, 0.6) is 0 Å². The van der Waals surface area contributed by atoms with Gasteiger partial charge in [0.2, 0.25) is 5.91 Å². The summed E-state index contributed by atoms with van der Waals surface area (Å²) in [7, 11) is 1.24. The SMILES string of the molecule is COC(=O)CNC(=O)c1ccc(NC(=O)c2cccc(NC(=O)C(C)(C)C)c2)cc1. The molecule has 3 N–H and O–H groups in total. The van der Waals surface area contributed by atoms with Gasteiger partial charge in [0.05, 0.1) is 7.11 Å². The van der Waals surface area contributed by atoms with E-state index >= 15 is 0 Å². The summed E-state index contributed by atoms with van der Waals surface area (Å²) in [5, 5.41) is 7.96. The third-order valence-electron chi connectivity index (χ3n) is 4.09. The minimum atomic E-state index is -0.552. The summed E-state index contributed by atoms with van der Waals surface area (Å²) in [5.74, 6) is -1.49. The lowest BCUT2D eigenvalue weighted by Gasteiger charge is -2.18. The molecule has 0 saturated carbocycles. The van der Waals surface area contributed by atoms with Crippen LogP contribution in [0.4, 0.5) is 11.4 Å². The van der Waals surface area contributed by atoms with Gasteiger partial charge in [-0.05, 0) is 42.5 Å². The minimum absolute atomic E-state index is 0.152. The monoisotopic (exact) mass is 411 g/mol. The molecule has 30 heavy (non-hydrogen) atoms.